The van der Waals surface area contributed by atoms with Crippen molar-refractivity contribution in [2.45, 2.75) is 18.7 Å². The van der Waals surface area contributed by atoms with Crippen LogP contribution in [0.2, 0.25) is 5.02 Å². The lowest BCUT2D eigenvalue weighted by Crippen LogP contribution is -2.28. The Morgan fingerprint density at radius 3 is 2.73 bits per heavy atom. The van der Waals surface area contributed by atoms with Gasteiger partial charge in [0.05, 0.1) is 17.5 Å². The van der Waals surface area contributed by atoms with Crippen LogP contribution in [0.5, 0.6) is 0 Å². The molecule has 0 aliphatic heterocycles. The topological polar surface area (TPSA) is 46.9 Å². The number of benzene rings is 2. The Kier molecular flexibility index (Phi) is 6.36. The molecule has 1 amide bonds. The number of carbonyl (C=O) groups is 1. The number of rotatable bonds is 7. The van der Waals surface area contributed by atoms with Gasteiger partial charge in [0, 0.05) is 23.2 Å². The van der Waals surface area contributed by atoms with Crippen molar-refractivity contribution < 1.29 is 4.79 Å². The first-order valence-electron chi connectivity index (χ1n) is 8.33. The number of halogens is 1. The molecule has 1 heterocycles. The van der Waals surface area contributed by atoms with Crippen LogP contribution in [0.1, 0.15) is 24.1 Å². The molecule has 0 saturated heterocycles. The summed E-state index contributed by atoms with van der Waals surface area (Å²) in [6.45, 7) is 1.96. The van der Waals surface area contributed by atoms with E-state index in [4.69, 9.17) is 11.6 Å². The zero-order chi connectivity index (χ0) is 18.4. The molecule has 0 aliphatic carbocycles. The molecule has 2 aromatic carbocycles. The summed E-state index contributed by atoms with van der Waals surface area (Å²) in [5.74, 6) is 1.24. The number of thioether (sulfide) groups is 1. The summed E-state index contributed by atoms with van der Waals surface area (Å²) in [5.41, 5.74) is 3.21. The monoisotopic (exact) mass is 385 g/mol. The van der Waals surface area contributed by atoms with E-state index in [1.807, 2.05) is 60.3 Å². The van der Waals surface area contributed by atoms with Gasteiger partial charge < -0.3 is 5.32 Å². The molecule has 0 radical (unpaired) electrons. The van der Waals surface area contributed by atoms with E-state index in [0.717, 1.165) is 17.0 Å². The average Bonchev–Trinajstić information content (AvgIpc) is 3.17. The second-order valence-corrected chi connectivity index (χ2v) is 7.38. The van der Waals surface area contributed by atoms with Crippen molar-refractivity contribution >= 4 is 29.3 Å². The Balaban J connectivity index is 1.45. The molecule has 134 valence electrons. The van der Waals surface area contributed by atoms with Crippen molar-refractivity contribution in [1.29, 1.82) is 0 Å². The van der Waals surface area contributed by atoms with E-state index in [9.17, 15) is 4.79 Å². The molecule has 0 aliphatic rings. The number of nitrogens with one attached hydrogen (secondary N) is 1. The highest BCUT2D eigenvalue weighted by atomic mass is 35.5. The van der Waals surface area contributed by atoms with Crippen LogP contribution in [0.4, 0.5) is 0 Å². The van der Waals surface area contributed by atoms with Crippen molar-refractivity contribution in [3.63, 3.8) is 0 Å². The van der Waals surface area contributed by atoms with Crippen molar-refractivity contribution in [3.8, 4) is 5.69 Å². The molecular formula is C20H20ClN3OS. The quantitative estimate of drug-likeness (QED) is 0.644. The van der Waals surface area contributed by atoms with Crippen LogP contribution in [-0.4, -0.2) is 21.4 Å². The van der Waals surface area contributed by atoms with Gasteiger partial charge in [0.2, 0.25) is 5.91 Å². The Morgan fingerprint density at radius 2 is 2.04 bits per heavy atom. The van der Waals surface area contributed by atoms with E-state index in [-0.39, 0.29) is 11.9 Å². The average molecular weight is 386 g/mol. The highest BCUT2D eigenvalue weighted by Crippen LogP contribution is 2.18. The van der Waals surface area contributed by atoms with Crippen LogP contribution in [0.15, 0.2) is 67.0 Å². The van der Waals surface area contributed by atoms with Gasteiger partial charge in [-0.25, -0.2) is 4.68 Å². The van der Waals surface area contributed by atoms with Gasteiger partial charge in [-0.2, -0.15) is 5.10 Å². The molecule has 0 bridgehead atoms. The van der Waals surface area contributed by atoms with Gasteiger partial charge in [0.25, 0.3) is 0 Å². The first-order chi connectivity index (χ1) is 12.6. The summed E-state index contributed by atoms with van der Waals surface area (Å²) in [6, 6.07) is 17.6. The summed E-state index contributed by atoms with van der Waals surface area (Å²) in [5, 5.41) is 7.89. The normalized spacial score (nSPS) is 11.9. The third kappa shape index (κ3) is 5.13. The maximum absolute atomic E-state index is 12.1. The molecule has 4 nitrogen and oxygen atoms in total. The minimum atomic E-state index is -0.0600. The summed E-state index contributed by atoms with van der Waals surface area (Å²) >= 11 is 7.60. The van der Waals surface area contributed by atoms with Crippen molar-refractivity contribution in [2.24, 2.45) is 0 Å². The van der Waals surface area contributed by atoms with E-state index >= 15 is 0 Å². The van der Waals surface area contributed by atoms with Crippen molar-refractivity contribution in [2.75, 3.05) is 5.75 Å². The standard InChI is InChI=1S/C20H20ClN3OS/c1-15(17-4-2-5-18(21)12-17)23-20(25)14-26-13-16-6-8-19(9-7-16)24-11-3-10-22-24/h2-12,15H,13-14H2,1H3,(H,23,25)/t15-/m1/s1. The van der Waals surface area contributed by atoms with E-state index in [1.54, 1.807) is 18.0 Å². The number of aromatic nitrogens is 2. The van der Waals surface area contributed by atoms with E-state index < -0.39 is 0 Å². The first kappa shape index (κ1) is 18.5. The van der Waals surface area contributed by atoms with Gasteiger partial charge in [-0.05, 0) is 48.4 Å². The molecule has 0 spiro atoms. The molecule has 1 atom stereocenters. The van der Waals surface area contributed by atoms with Crippen LogP contribution in [0.25, 0.3) is 5.69 Å². The fraction of sp³-hybridized carbons (Fsp3) is 0.200. The number of nitrogens with zero attached hydrogens (tertiary/aromatic N) is 2. The molecule has 6 heteroatoms. The lowest BCUT2D eigenvalue weighted by molar-refractivity contribution is -0.119. The Morgan fingerprint density at radius 1 is 1.23 bits per heavy atom. The highest BCUT2D eigenvalue weighted by Gasteiger charge is 2.10. The number of amides is 1. The fourth-order valence-corrected chi connectivity index (χ4v) is 3.57. The van der Waals surface area contributed by atoms with Gasteiger partial charge in [0.1, 0.15) is 0 Å². The predicted molar refractivity (Wildman–Crippen MR) is 108 cm³/mol. The third-order valence-corrected chi connectivity index (χ3v) is 5.17. The lowest BCUT2D eigenvalue weighted by Gasteiger charge is -2.14. The summed E-state index contributed by atoms with van der Waals surface area (Å²) < 4.78 is 1.82. The number of hydrogen-bond donors (Lipinski definition) is 1. The zero-order valence-electron chi connectivity index (χ0n) is 14.4. The summed E-state index contributed by atoms with van der Waals surface area (Å²) in [4.78, 5) is 12.1. The molecule has 1 N–H and O–H groups in total. The summed E-state index contributed by atoms with van der Waals surface area (Å²) in [7, 11) is 0. The van der Waals surface area contributed by atoms with E-state index in [2.05, 4.69) is 22.5 Å². The Bertz CT molecular complexity index is 850. The second kappa shape index (κ2) is 8.92. The maximum atomic E-state index is 12.1. The smallest absolute Gasteiger partial charge is 0.230 e. The Hall–Kier alpha value is -2.24. The first-order valence-corrected chi connectivity index (χ1v) is 9.86. The van der Waals surface area contributed by atoms with Gasteiger partial charge in [-0.15, -0.1) is 11.8 Å². The molecule has 0 unspecified atom stereocenters. The van der Waals surface area contributed by atoms with Crippen molar-refractivity contribution in [3.05, 3.63) is 83.1 Å². The maximum Gasteiger partial charge on any atom is 0.230 e. The van der Waals surface area contributed by atoms with Crippen LogP contribution in [-0.2, 0) is 10.5 Å². The molecule has 26 heavy (non-hydrogen) atoms. The number of carbonyl (C=O) groups excluding carboxylic acids is 1. The van der Waals surface area contributed by atoms with Crippen LogP contribution in [0, 0.1) is 0 Å². The van der Waals surface area contributed by atoms with Gasteiger partial charge in [0.15, 0.2) is 0 Å². The van der Waals surface area contributed by atoms with Crippen molar-refractivity contribution in [1.82, 2.24) is 15.1 Å². The van der Waals surface area contributed by atoms with Crippen LogP contribution >= 0.6 is 23.4 Å². The molecular weight excluding hydrogens is 366 g/mol. The van der Waals surface area contributed by atoms with Gasteiger partial charge in [-0.3, -0.25) is 4.79 Å². The second-order valence-electron chi connectivity index (χ2n) is 5.95. The van der Waals surface area contributed by atoms with E-state index in [0.29, 0.717) is 10.8 Å². The molecule has 0 saturated carbocycles. The largest absolute Gasteiger partial charge is 0.349 e. The van der Waals surface area contributed by atoms with Gasteiger partial charge >= 0.3 is 0 Å². The Labute approximate surface area is 162 Å². The molecule has 1 aromatic heterocycles. The third-order valence-electron chi connectivity index (χ3n) is 3.93. The lowest BCUT2D eigenvalue weighted by atomic mass is 10.1. The fourth-order valence-electron chi connectivity index (χ4n) is 2.57. The minimum absolute atomic E-state index is 0.0237. The molecule has 3 aromatic rings. The van der Waals surface area contributed by atoms with Crippen LogP contribution in [0.3, 0.4) is 0 Å². The number of hydrogen-bond acceptors (Lipinski definition) is 3. The van der Waals surface area contributed by atoms with E-state index in [1.165, 1.54) is 5.56 Å². The zero-order valence-corrected chi connectivity index (χ0v) is 16.0. The highest BCUT2D eigenvalue weighted by molar-refractivity contribution is 7.99. The molecule has 3 rings (SSSR count). The summed E-state index contributed by atoms with van der Waals surface area (Å²) in [6.07, 6.45) is 3.67. The SMILES string of the molecule is C[C@@H](NC(=O)CSCc1ccc(-n2cccn2)cc1)c1cccc(Cl)c1. The van der Waals surface area contributed by atoms with Crippen LogP contribution < -0.4 is 5.32 Å². The minimum Gasteiger partial charge on any atom is -0.349 e. The predicted octanol–water partition coefficient (Wildman–Crippen LogP) is 4.64. The molecule has 0 fully saturated rings. The van der Waals surface area contributed by atoms with Gasteiger partial charge in [-0.1, -0.05) is 35.9 Å².